The van der Waals surface area contributed by atoms with E-state index in [0.29, 0.717) is 4.88 Å². The summed E-state index contributed by atoms with van der Waals surface area (Å²) in [5.74, 6) is -0.835. The van der Waals surface area contributed by atoms with Crippen molar-refractivity contribution in [1.29, 1.82) is 0 Å². The molecule has 1 heterocycles. The standard InChI is InChI=1S/C12H7BrClFOS/c1-6-5-9(17-12(6)13)11(16)7-3-2-4-8(15)10(7)14/h2-5H,1H3. The van der Waals surface area contributed by atoms with Gasteiger partial charge in [-0.2, -0.15) is 0 Å². The largest absolute Gasteiger partial charge is 0.288 e. The molecule has 0 atom stereocenters. The third-order valence-electron chi connectivity index (χ3n) is 2.28. The summed E-state index contributed by atoms with van der Waals surface area (Å²) in [6.45, 7) is 1.89. The highest BCUT2D eigenvalue weighted by molar-refractivity contribution is 9.11. The normalized spacial score (nSPS) is 10.6. The zero-order valence-electron chi connectivity index (χ0n) is 8.76. The lowest BCUT2D eigenvalue weighted by molar-refractivity contribution is 0.104. The topological polar surface area (TPSA) is 17.1 Å². The Morgan fingerprint density at radius 1 is 1.47 bits per heavy atom. The van der Waals surface area contributed by atoms with Crippen LogP contribution < -0.4 is 0 Å². The quantitative estimate of drug-likeness (QED) is 0.719. The van der Waals surface area contributed by atoms with Crippen LogP contribution in [0.15, 0.2) is 28.1 Å². The van der Waals surface area contributed by atoms with Crippen molar-refractivity contribution in [1.82, 2.24) is 0 Å². The molecule has 2 aromatic rings. The van der Waals surface area contributed by atoms with Crippen LogP contribution in [0.2, 0.25) is 5.02 Å². The Bertz CT molecular complexity index is 575. The van der Waals surface area contributed by atoms with Crippen LogP contribution in [0.5, 0.6) is 0 Å². The number of hydrogen-bond donors (Lipinski definition) is 0. The molecule has 88 valence electrons. The Hall–Kier alpha value is -0.710. The fraction of sp³-hybridized carbons (Fsp3) is 0.0833. The molecule has 0 aliphatic rings. The first-order valence-corrected chi connectivity index (χ1v) is 6.74. The maximum absolute atomic E-state index is 13.2. The van der Waals surface area contributed by atoms with E-state index in [2.05, 4.69) is 15.9 Å². The lowest BCUT2D eigenvalue weighted by Gasteiger charge is -2.01. The molecular formula is C12H7BrClFOS. The molecule has 0 amide bonds. The highest BCUT2D eigenvalue weighted by atomic mass is 79.9. The molecule has 1 aromatic carbocycles. The summed E-state index contributed by atoms with van der Waals surface area (Å²) < 4.78 is 14.1. The molecule has 1 nitrogen and oxygen atoms in total. The molecule has 0 spiro atoms. The minimum atomic E-state index is -0.579. The van der Waals surface area contributed by atoms with Crippen LogP contribution in [0.25, 0.3) is 0 Å². The van der Waals surface area contributed by atoms with E-state index in [9.17, 15) is 9.18 Å². The van der Waals surface area contributed by atoms with E-state index < -0.39 is 5.82 Å². The smallest absolute Gasteiger partial charge is 0.204 e. The first kappa shape index (κ1) is 12.7. The van der Waals surface area contributed by atoms with E-state index in [1.54, 1.807) is 6.07 Å². The first-order chi connectivity index (χ1) is 8.00. The molecule has 0 bridgehead atoms. The van der Waals surface area contributed by atoms with E-state index >= 15 is 0 Å². The monoisotopic (exact) mass is 332 g/mol. The molecule has 0 aliphatic heterocycles. The van der Waals surface area contributed by atoms with E-state index in [1.165, 1.54) is 29.5 Å². The van der Waals surface area contributed by atoms with Crippen molar-refractivity contribution in [2.45, 2.75) is 6.92 Å². The molecule has 0 unspecified atom stereocenters. The fourth-order valence-corrected chi connectivity index (χ4v) is 3.08. The van der Waals surface area contributed by atoms with Crippen LogP contribution in [0, 0.1) is 12.7 Å². The number of rotatable bonds is 2. The van der Waals surface area contributed by atoms with E-state index in [4.69, 9.17) is 11.6 Å². The van der Waals surface area contributed by atoms with Gasteiger partial charge in [0.1, 0.15) is 5.82 Å². The van der Waals surface area contributed by atoms with Gasteiger partial charge in [0.25, 0.3) is 0 Å². The van der Waals surface area contributed by atoms with Crippen molar-refractivity contribution in [3.05, 3.63) is 54.9 Å². The Morgan fingerprint density at radius 3 is 2.76 bits per heavy atom. The maximum Gasteiger partial charge on any atom is 0.204 e. The molecule has 0 saturated heterocycles. The minimum Gasteiger partial charge on any atom is -0.288 e. The van der Waals surface area contributed by atoms with Crippen LogP contribution in [-0.2, 0) is 0 Å². The van der Waals surface area contributed by atoms with E-state index in [-0.39, 0.29) is 16.4 Å². The number of halogens is 3. The molecule has 0 fully saturated rings. The number of aryl methyl sites for hydroxylation is 1. The number of ketones is 1. The predicted octanol–water partition coefficient (Wildman–Crippen LogP) is 4.84. The Morgan fingerprint density at radius 2 is 2.18 bits per heavy atom. The van der Waals surface area contributed by atoms with Crippen LogP contribution in [0.3, 0.4) is 0 Å². The van der Waals surface area contributed by atoms with Crippen molar-refractivity contribution >= 4 is 44.7 Å². The summed E-state index contributed by atoms with van der Waals surface area (Å²) in [5, 5.41) is -0.125. The van der Waals surface area contributed by atoms with E-state index in [0.717, 1.165) is 9.35 Å². The molecule has 5 heteroatoms. The van der Waals surface area contributed by atoms with Crippen LogP contribution in [0.1, 0.15) is 20.8 Å². The van der Waals surface area contributed by atoms with Crippen molar-refractivity contribution in [2.24, 2.45) is 0 Å². The number of benzene rings is 1. The van der Waals surface area contributed by atoms with Crippen LogP contribution in [0.4, 0.5) is 4.39 Å². The molecule has 0 N–H and O–H groups in total. The average Bonchev–Trinajstić information content (AvgIpc) is 2.62. The van der Waals surface area contributed by atoms with Gasteiger partial charge in [0.05, 0.1) is 13.7 Å². The van der Waals surface area contributed by atoms with Crippen molar-refractivity contribution in [3.8, 4) is 0 Å². The van der Waals surface area contributed by atoms with Gasteiger partial charge in [-0.15, -0.1) is 11.3 Å². The molecule has 17 heavy (non-hydrogen) atoms. The predicted molar refractivity (Wildman–Crippen MR) is 71.6 cm³/mol. The zero-order chi connectivity index (χ0) is 12.6. The van der Waals surface area contributed by atoms with Gasteiger partial charge in [0, 0.05) is 5.56 Å². The van der Waals surface area contributed by atoms with Crippen molar-refractivity contribution in [2.75, 3.05) is 0 Å². The number of hydrogen-bond acceptors (Lipinski definition) is 2. The second kappa shape index (κ2) is 4.88. The summed E-state index contributed by atoms with van der Waals surface area (Å²) in [4.78, 5) is 12.7. The number of carbonyl (C=O) groups excluding carboxylic acids is 1. The number of thiophene rings is 1. The third-order valence-corrected chi connectivity index (χ3v) is 4.80. The summed E-state index contributed by atoms with van der Waals surface area (Å²) in [6.07, 6.45) is 0. The number of carbonyl (C=O) groups is 1. The van der Waals surface area contributed by atoms with Gasteiger partial charge in [0.15, 0.2) is 0 Å². The van der Waals surface area contributed by atoms with Gasteiger partial charge in [-0.1, -0.05) is 17.7 Å². The second-order valence-electron chi connectivity index (χ2n) is 3.50. The Balaban J connectivity index is 2.47. The highest BCUT2D eigenvalue weighted by Gasteiger charge is 2.17. The summed E-state index contributed by atoms with van der Waals surface area (Å²) in [6, 6.07) is 5.99. The molecule has 0 aliphatic carbocycles. The SMILES string of the molecule is Cc1cc(C(=O)c2cccc(F)c2Cl)sc1Br. The van der Waals surface area contributed by atoms with Gasteiger partial charge in [-0.3, -0.25) is 4.79 Å². The van der Waals surface area contributed by atoms with Crippen LogP contribution >= 0.6 is 38.9 Å². The lowest BCUT2D eigenvalue weighted by Crippen LogP contribution is -2.00. The zero-order valence-corrected chi connectivity index (χ0v) is 11.9. The molecular weight excluding hydrogens is 327 g/mol. The van der Waals surface area contributed by atoms with Gasteiger partial charge >= 0.3 is 0 Å². The van der Waals surface area contributed by atoms with Crippen LogP contribution in [-0.4, -0.2) is 5.78 Å². The summed E-state index contributed by atoms with van der Waals surface area (Å²) in [5.41, 5.74) is 1.17. The van der Waals surface area contributed by atoms with Crippen molar-refractivity contribution in [3.63, 3.8) is 0 Å². The highest BCUT2D eigenvalue weighted by Crippen LogP contribution is 2.31. The lowest BCUT2D eigenvalue weighted by atomic mass is 10.1. The molecule has 2 rings (SSSR count). The molecule has 1 aromatic heterocycles. The fourth-order valence-electron chi connectivity index (χ4n) is 1.38. The third kappa shape index (κ3) is 2.44. The first-order valence-electron chi connectivity index (χ1n) is 4.75. The Labute approximate surface area is 115 Å². The van der Waals surface area contributed by atoms with E-state index in [1.807, 2.05) is 6.92 Å². The summed E-state index contributed by atoms with van der Waals surface area (Å²) in [7, 11) is 0. The Kier molecular flexibility index (Phi) is 3.66. The van der Waals surface area contributed by atoms with Gasteiger partial charge in [-0.05, 0) is 46.6 Å². The van der Waals surface area contributed by atoms with Crippen molar-refractivity contribution < 1.29 is 9.18 Å². The van der Waals surface area contributed by atoms with Gasteiger partial charge in [0.2, 0.25) is 5.78 Å². The average molecular weight is 334 g/mol. The van der Waals surface area contributed by atoms with Gasteiger partial charge < -0.3 is 0 Å². The second-order valence-corrected chi connectivity index (χ2v) is 6.25. The summed E-state index contributed by atoms with van der Waals surface area (Å²) >= 11 is 10.4. The maximum atomic E-state index is 13.2. The minimum absolute atomic E-state index is 0.125. The molecule has 0 radical (unpaired) electrons. The molecule has 0 saturated carbocycles. The van der Waals surface area contributed by atoms with Gasteiger partial charge in [-0.25, -0.2) is 4.39 Å².